The second kappa shape index (κ2) is 8.07. The first-order valence-electron chi connectivity index (χ1n) is 10.4. The molecule has 0 unspecified atom stereocenters. The van der Waals surface area contributed by atoms with Gasteiger partial charge in [0.1, 0.15) is 29.0 Å². The second-order valence-electron chi connectivity index (χ2n) is 8.01. The van der Waals surface area contributed by atoms with Crippen LogP contribution in [-0.4, -0.2) is 52.2 Å². The molecule has 170 valence electrons. The Labute approximate surface area is 186 Å². The molecule has 1 fully saturated rings. The van der Waals surface area contributed by atoms with Gasteiger partial charge in [0.15, 0.2) is 5.65 Å². The van der Waals surface area contributed by atoms with Crippen molar-refractivity contribution >= 4 is 27.4 Å². The normalized spacial score (nSPS) is 15.1. The third-order valence-corrected chi connectivity index (χ3v) is 7.29. The molecule has 0 amide bonds. The fourth-order valence-electron chi connectivity index (χ4n) is 3.91. The van der Waals surface area contributed by atoms with Gasteiger partial charge in [-0.3, -0.25) is 8.86 Å². The summed E-state index contributed by atoms with van der Waals surface area (Å²) in [4.78, 5) is 4.61. The minimum atomic E-state index is -3.57. The van der Waals surface area contributed by atoms with Crippen molar-refractivity contribution in [2.24, 2.45) is 0 Å². The van der Waals surface area contributed by atoms with Crippen LogP contribution in [-0.2, 0) is 32.7 Å². The van der Waals surface area contributed by atoms with Crippen LogP contribution >= 0.6 is 0 Å². The molecule has 0 aromatic carbocycles. The molecule has 0 spiro atoms. The molecule has 3 N–H and O–H groups in total. The highest BCUT2D eigenvalue weighted by Gasteiger charge is 2.49. The van der Waals surface area contributed by atoms with Gasteiger partial charge in [-0.15, -0.1) is 0 Å². The molecule has 1 aliphatic carbocycles. The van der Waals surface area contributed by atoms with Crippen LogP contribution in [0.1, 0.15) is 42.3 Å². The molecule has 1 aliphatic rings. The SMILES string of the molecule is CCc1c(C)nn2c(N)c(C#N)c(NCCc3ccn(C4(CS(=O)(=O)OC)CC4)n3)nc12. The minimum Gasteiger partial charge on any atom is -0.382 e. The zero-order valence-corrected chi connectivity index (χ0v) is 19.1. The van der Waals surface area contributed by atoms with E-state index < -0.39 is 15.7 Å². The smallest absolute Gasteiger partial charge is 0.269 e. The summed E-state index contributed by atoms with van der Waals surface area (Å²) in [5.74, 6) is 0.577. The molecule has 12 heteroatoms. The maximum Gasteiger partial charge on any atom is 0.269 e. The van der Waals surface area contributed by atoms with Crippen molar-refractivity contribution in [1.29, 1.82) is 5.26 Å². The lowest BCUT2D eigenvalue weighted by Gasteiger charge is -2.15. The molecule has 0 saturated heterocycles. The standard InChI is InChI=1S/C20H26N8O3S/c1-4-15-13(2)25-28-17(22)16(11-21)18(24-19(15)28)23-9-5-14-6-10-27(26-14)20(7-8-20)12-32(29,30)31-3/h6,10H,4-5,7-9,12,22H2,1-3H3,(H,23,24). The first-order valence-corrected chi connectivity index (χ1v) is 12.0. The van der Waals surface area contributed by atoms with Gasteiger partial charge in [-0.1, -0.05) is 6.92 Å². The van der Waals surface area contributed by atoms with Crippen molar-refractivity contribution in [3.63, 3.8) is 0 Å². The zero-order valence-electron chi connectivity index (χ0n) is 18.3. The van der Waals surface area contributed by atoms with Gasteiger partial charge < -0.3 is 11.1 Å². The maximum atomic E-state index is 11.9. The van der Waals surface area contributed by atoms with Gasteiger partial charge in [0.25, 0.3) is 10.1 Å². The number of aryl methyl sites for hydroxylation is 2. The quantitative estimate of drug-likeness (QED) is 0.452. The highest BCUT2D eigenvalue weighted by atomic mass is 32.2. The Hall–Kier alpha value is -3.17. The summed E-state index contributed by atoms with van der Waals surface area (Å²) in [6.07, 6.45) is 4.61. The largest absolute Gasteiger partial charge is 0.382 e. The third kappa shape index (κ3) is 3.89. The van der Waals surface area contributed by atoms with E-state index in [4.69, 9.17) is 5.73 Å². The molecule has 0 radical (unpaired) electrons. The number of anilines is 2. The first-order chi connectivity index (χ1) is 15.2. The number of nitrogens with zero attached hydrogens (tertiary/aromatic N) is 6. The molecular formula is C20H26N8O3S. The van der Waals surface area contributed by atoms with Gasteiger partial charge in [-0.25, -0.2) is 4.98 Å². The van der Waals surface area contributed by atoms with Crippen molar-refractivity contribution in [3.05, 3.63) is 34.8 Å². The van der Waals surface area contributed by atoms with E-state index in [2.05, 4.69) is 30.8 Å². The van der Waals surface area contributed by atoms with E-state index in [9.17, 15) is 13.7 Å². The van der Waals surface area contributed by atoms with Crippen LogP contribution in [0.3, 0.4) is 0 Å². The Morgan fingerprint density at radius 1 is 1.38 bits per heavy atom. The summed E-state index contributed by atoms with van der Waals surface area (Å²) in [5.41, 5.74) is 9.19. The summed E-state index contributed by atoms with van der Waals surface area (Å²) in [6.45, 7) is 4.40. The Balaban J connectivity index is 1.49. The summed E-state index contributed by atoms with van der Waals surface area (Å²) < 4.78 is 31.6. The Kier molecular flexibility index (Phi) is 5.56. The number of nitrogens with one attached hydrogen (secondary N) is 1. The second-order valence-corrected chi connectivity index (χ2v) is 9.74. The highest BCUT2D eigenvalue weighted by molar-refractivity contribution is 7.86. The number of nitriles is 1. The molecule has 32 heavy (non-hydrogen) atoms. The minimum absolute atomic E-state index is 0.0882. The number of nitrogen functional groups attached to an aromatic ring is 1. The number of rotatable bonds is 9. The monoisotopic (exact) mass is 458 g/mol. The molecule has 1 saturated carbocycles. The zero-order chi connectivity index (χ0) is 23.1. The lowest BCUT2D eigenvalue weighted by Crippen LogP contribution is -2.28. The van der Waals surface area contributed by atoms with Gasteiger partial charge in [-0.2, -0.15) is 28.4 Å². The van der Waals surface area contributed by atoms with Gasteiger partial charge in [0, 0.05) is 24.7 Å². The van der Waals surface area contributed by atoms with Crippen LogP contribution < -0.4 is 11.1 Å². The van der Waals surface area contributed by atoms with Gasteiger partial charge in [0.05, 0.1) is 24.0 Å². The van der Waals surface area contributed by atoms with Crippen LogP contribution in [0.15, 0.2) is 12.3 Å². The maximum absolute atomic E-state index is 11.9. The Bertz CT molecular complexity index is 1310. The molecule has 0 bridgehead atoms. The fourth-order valence-corrected chi connectivity index (χ4v) is 5.11. The van der Waals surface area contributed by atoms with Crippen molar-refractivity contribution in [2.45, 2.75) is 45.1 Å². The van der Waals surface area contributed by atoms with E-state index in [-0.39, 0.29) is 17.1 Å². The van der Waals surface area contributed by atoms with Gasteiger partial charge >= 0.3 is 0 Å². The lowest BCUT2D eigenvalue weighted by atomic mass is 10.2. The Morgan fingerprint density at radius 3 is 2.75 bits per heavy atom. The van der Waals surface area contributed by atoms with Crippen molar-refractivity contribution in [3.8, 4) is 6.07 Å². The topological polar surface area (TPSA) is 153 Å². The van der Waals surface area contributed by atoms with Crippen LogP contribution in [0.5, 0.6) is 0 Å². The summed E-state index contributed by atoms with van der Waals surface area (Å²) in [5, 5.41) is 21.8. The fraction of sp³-hybridized carbons (Fsp3) is 0.500. The molecule has 3 aromatic heterocycles. The van der Waals surface area contributed by atoms with Crippen LogP contribution in [0.25, 0.3) is 5.65 Å². The lowest BCUT2D eigenvalue weighted by molar-refractivity contribution is 0.377. The van der Waals surface area contributed by atoms with Gasteiger partial charge in [-0.05, 0) is 32.3 Å². The number of fused-ring (bicyclic) bond motifs is 1. The average molecular weight is 459 g/mol. The molecule has 0 aliphatic heterocycles. The predicted molar refractivity (Wildman–Crippen MR) is 119 cm³/mol. The molecule has 3 aromatic rings. The average Bonchev–Trinajstić information content (AvgIpc) is 3.22. The van der Waals surface area contributed by atoms with E-state index >= 15 is 0 Å². The Morgan fingerprint density at radius 2 is 2.12 bits per heavy atom. The van der Waals surface area contributed by atoms with E-state index in [1.54, 1.807) is 10.9 Å². The third-order valence-electron chi connectivity index (χ3n) is 5.89. The molecular weight excluding hydrogens is 432 g/mol. The number of nitrogens with two attached hydrogens (primary N) is 1. The van der Waals surface area contributed by atoms with Crippen LogP contribution in [0, 0.1) is 18.3 Å². The van der Waals surface area contributed by atoms with Crippen molar-refractivity contribution in [1.82, 2.24) is 24.4 Å². The van der Waals surface area contributed by atoms with Crippen molar-refractivity contribution in [2.75, 3.05) is 30.5 Å². The summed E-state index contributed by atoms with van der Waals surface area (Å²) in [7, 11) is -2.40. The summed E-state index contributed by atoms with van der Waals surface area (Å²) in [6, 6.07) is 3.98. The van der Waals surface area contributed by atoms with Crippen molar-refractivity contribution < 1.29 is 12.6 Å². The van der Waals surface area contributed by atoms with E-state index in [1.807, 2.05) is 19.9 Å². The van der Waals surface area contributed by atoms with Crippen LogP contribution in [0.2, 0.25) is 0 Å². The molecule has 4 rings (SSSR count). The highest BCUT2D eigenvalue weighted by Crippen LogP contribution is 2.44. The predicted octanol–water partition coefficient (Wildman–Crippen LogP) is 1.37. The van der Waals surface area contributed by atoms with E-state index in [0.717, 1.165) is 36.2 Å². The number of aromatic nitrogens is 5. The molecule has 3 heterocycles. The molecule has 0 atom stereocenters. The summed E-state index contributed by atoms with van der Waals surface area (Å²) >= 11 is 0. The molecule has 11 nitrogen and oxygen atoms in total. The van der Waals surface area contributed by atoms with Gasteiger partial charge in [0.2, 0.25) is 0 Å². The van der Waals surface area contributed by atoms with Crippen LogP contribution in [0.4, 0.5) is 11.6 Å². The number of hydrogen-bond acceptors (Lipinski definition) is 9. The number of hydrogen-bond donors (Lipinski definition) is 2. The first kappa shape index (κ1) is 22.0. The van der Waals surface area contributed by atoms with E-state index in [0.29, 0.717) is 24.4 Å². The van der Waals surface area contributed by atoms with E-state index in [1.165, 1.54) is 11.6 Å².